The van der Waals surface area contributed by atoms with Gasteiger partial charge in [0.2, 0.25) is 0 Å². The number of ether oxygens (including phenoxy) is 1. The number of hydrogen-bond donors (Lipinski definition) is 1. The molecule has 1 aromatic carbocycles. The molecule has 0 unspecified atom stereocenters. The van der Waals surface area contributed by atoms with Crippen molar-refractivity contribution in [3.8, 4) is 5.75 Å². The molecule has 0 aliphatic heterocycles. The van der Waals surface area contributed by atoms with Crippen LogP contribution in [-0.4, -0.2) is 6.61 Å². The predicted molar refractivity (Wildman–Crippen MR) is 73.6 cm³/mol. The molecule has 0 saturated heterocycles. The van der Waals surface area contributed by atoms with E-state index in [4.69, 9.17) is 22.1 Å². The molecule has 0 amide bonds. The van der Waals surface area contributed by atoms with Crippen molar-refractivity contribution in [2.24, 2.45) is 5.73 Å². The highest BCUT2D eigenvalue weighted by Gasteiger charge is 2.00. The van der Waals surface area contributed by atoms with E-state index in [1.807, 2.05) is 18.2 Å². The average molecular weight is 256 g/mol. The molecular formula is C14H22ClNO. The second kappa shape index (κ2) is 8.37. The molecule has 0 saturated carbocycles. The third kappa shape index (κ3) is 5.42. The minimum atomic E-state index is 0.468. The molecule has 1 aromatic rings. The van der Waals surface area contributed by atoms with Crippen LogP contribution in [0.4, 0.5) is 0 Å². The summed E-state index contributed by atoms with van der Waals surface area (Å²) in [5.41, 5.74) is 6.50. The third-order valence-corrected chi connectivity index (χ3v) is 3.11. The van der Waals surface area contributed by atoms with E-state index in [-0.39, 0.29) is 0 Å². The van der Waals surface area contributed by atoms with Crippen LogP contribution in [0, 0.1) is 0 Å². The maximum atomic E-state index is 6.05. The molecule has 17 heavy (non-hydrogen) atoms. The molecule has 0 aliphatic rings. The van der Waals surface area contributed by atoms with E-state index in [1.54, 1.807) is 0 Å². The van der Waals surface area contributed by atoms with E-state index in [0.29, 0.717) is 11.6 Å². The van der Waals surface area contributed by atoms with Gasteiger partial charge in [0, 0.05) is 11.6 Å². The summed E-state index contributed by atoms with van der Waals surface area (Å²) in [5.74, 6) is 0.836. The van der Waals surface area contributed by atoms with Gasteiger partial charge < -0.3 is 10.5 Å². The van der Waals surface area contributed by atoms with Gasteiger partial charge in [-0.05, 0) is 24.1 Å². The molecular weight excluding hydrogens is 234 g/mol. The first kappa shape index (κ1) is 14.3. The zero-order valence-electron chi connectivity index (χ0n) is 10.5. The van der Waals surface area contributed by atoms with E-state index >= 15 is 0 Å². The second-order valence-corrected chi connectivity index (χ2v) is 4.63. The van der Waals surface area contributed by atoms with Crippen molar-refractivity contribution in [2.75, 3.05) is 6.61 Å². The molecule has 2 nitrogen and oxygen atoms in total. The van der Waals surface area contributed by atoms with Gasteiger partial charge in [0.15, 0.2) is 0 Å². The van der Waals surface area contributed by atoms with Crippen LogP contribution in [0.5, 0.6) is 5.75 Å². The van der Waals surface area contributed by atoms with Gasteiger partial charge in [-0.15, -0.1) is 0 Å². The van der Waals surface area contributed by atoms with Gasteiger partial charge in [0.1, 0.15) is 5.75 Å². The Morgan fingerprint density at radius 1 is 1.18 bits per heavy atom. The normalized spacial score (nSPS) is 10.5. The number of rotatable bonds is 8. The minimum Gasteiger partial charge on any atom is -0.494 e. The summed E-state index contributed by atoms with van der Waals surface area (Å²) in [4.78, 5) is 0. The molecule has 0 radical (unpaired) electrons. The predicted octanol–water partition coefficient (Wildman–Crippen LogP) is 4.15. The van der Waals surface area contributed by atoms with Crippen molar-refractivity contribution in [3.63, 3.8) is 0 Å². The smallest absolute Gasteiger partial charge is 0.120 e. The van der Waals surface area contributed by atoms with E-state index < -0.39 is 0 Å². The molecule has 2 N–H and O–H groups in total. The fourth-order valence-corrected chi connectivity index (χ4v) is 1.93. The van der Waals surface area contributed by atoms with Crippen molar-refractivity contribution in [2.45, 2.75) is 45.6 Å². The third-order valence-electron chi connectivity index (χ3n) is 2.76. The molecule has 3 heteroatoms. The maximum absolute atomic E-state index is 6.05. The van der Waals surface area contributed by atoms with Gasteiger partial charge >= 0.3 is 0 Å². The highest BCUT2D eigenvalue weighted by molar-refractivity contribution is 6.31. The molecule has 0 aromatic heterocycles. The maximum Gasteiger partial charge on any atom is 0.120 e. The number of nitrogens with two attached hydrogens (primary N) is 1. The first-order valence-corrected chi connectivity index (χ1v) is 6.77. The molecule has 1 rings (SSSR count). The Morgan fingerprint density at radius 2 is 1.94 bits per heavy atom. The Bertz CT molecular complexity index is 328. The summed E-state index contributed by atoms with van der Waals surface area (Å²) in [5, 5.41) is 0.691. The van der Waals surface area contributed by atoms with Crippen LogP contribution in [0.1, 0.15) is 44.6 Å². The highest BCUT2D eigenvalue weighted by Crippen LogP contribution is 2.22. The molecule has 0 heterocycles. The van der Waals surface area contributed by atoms with Gasteiger partial charge in [-0.25, -0.2) is 0 Å². The van der Waals surface area contributed by atoms with Crippen LogP contribution in [0.15, 0.2) is 18.2 Å². The van der Waals surface area contributed by atoms with Crippen molar-refractivity contribution < 1.29 is 4.74 Å². The van der Waals surface area contributed by atoms with E-state index in [0.717, 1.165) is 24.3 Å². The van der Waals surface area contributed by atoms with E-state index in [9.17, 15) is 0 Å². The number of unbranched alkanes of at least 4 members (excludes halogenated alkanes) is 4. The molecule has 0 spiro atoms. The van der Waals surface area contributed by atoms with Crippen LogP contribution >= 0.6 is 11.6 Å². The fraction of sp³-hybridized carbons (Fsp3) is 0.571. The Labute approximate surface area is 109 Å². The highest BCUT2D eigenvalue weighted by atomic mass is 35.5. The summed E-state index contributed by atoms with van der Waals surface area (Å²) in [6.07, 6.45) is 6.24. The number of halogens is 1. The molecule has 0 atom stereocenters. The van der Waals surface area contributed by atoms with E-state index in [1.165, 1.54) is 25.7 Å². The first-order valence-electron chi connectivity index (χ1n) is 6.39. The average Bonchev–Trinajstić information content (AvgIpc) is 2.34. The monoisotopic (exact) mass is 255 g/mol. The standard InChI is InChI=1S/C14H22ClNO/c1-2-3-4-5-6-9-17-13-8-7-12(11-16)14(15)10-13/h7-8,10H,2-6,9,11,16H2,1H3. The zero-order valence-corrected chi connectivity index (χ0v) is 11.3. The van der Waals surface area contributed by atoms with Crippen molar-refractivity contribution >= 4 is 11.6 Å². The second-order valence-electron chi connectivity index (χ2n) is 4.22. The van der Waals surface area contributed by atoms with Crippen LogP contribution in [0.3, 0.4) is 0 Å². The van der Waals surface area contributed by atoms with Crippen molar-refractivity contribution in [1.82, 2.24) is 0 Å². The summed E-state index contributed by atoms with van der Waals surface area (Å²) in [6, 6.07) is 5.70. The zero-order chi connectivity index (χ0) is 12.5. The summed E-state index contributed by atoms with van der Waals surface area (Å²) >= 11 is 6.05. The SMILES string of the molecule is CCCCCCCOc1ccc(CN)c(Cl)c1. The summed E-state index contributed by atoms with van der Waals surface area (Å²) in [7, 11) is 0. The lowest BCUT2D eigenvalue weighted by atomic mass is 10.2. The Kier molecular flexibility index (Phi) is 7.06. The van der Waals surface area contributed by atoms with Crippen LogP contribution in [0.2, 0.25) is 5.02 Å². The lowest BCUT2D eigenvalue weighted by Gasteiger charge is -2.08. The van der Waals surface area contributed by atoms with Gasteiger partial charge in [0.05, 0.1) is 6.61 Å². The number of hydrogen-bond acceptors (Lipinski definition) is 2. The Morgan fingerprint density at radius 3 is 2.59 bits per heavy atom. The van der Waals surface area contributed by atoms with Gasteiger partial charge in [-0.1, -0.05) is 50.3 Å². The fourth-order valence-electron chi connectivity index (χ4n) is 1.68. The first-order chi connectivity index (χ1) is 8.27. The lowest BCUT2D eigenvalue weighted by molar-refractivity contribution is 0.304. The quantitative estimate of drug-likeness (QED) is 0.709. The molecule has 0 bridgehead atoms. The number of benzene rings is 1. The van der Waals surface area contributed by atoms with Crippen molar-refractivity contribution in [1.29, 1.82) is 0 Å². The molecule has 0 aliphatic carbocycles. The summed E-state index contributed by atoms with van der Waals surface area (Å²) < 4.78 is 5.64. The molecule has 0 fully saturated rings. The van der Waals surface area contributed by atoms with Crippen LogP contribution in [0.25, 0.3) is 0 Å². The summed E-state index contributed by atoms with van der Waals surface area (Å²) in [6.45, 7) is 3.45. The minimum absolute atomic E-state index is 0.468. The Hall–Kier alpha value is -0.730. The van der Waals surface area contributed by atoms with Gasteiger partial charge in [-0.3, -0.25) is 0 Å². The van der Waals surface area contributed by atoms with Gasteiger partial charge in [-0.2, -0.15) is 0 Å². The largest absolute Gasteiger partial charge is 0.494 e. The lowest BCUT2D eigenvalue weighted by Crippen LogP contribution is -2.00. The molecule has 96 valence electrons. The van der Waals surface area contributed by atoms with E-state index in [2.05, 4.69) is 6.92 Å². The van der Waals surface area contributed by atoms with Crippen molar-refractivity contribution in [3.05, 3.63) is 28.8 Å². The van der Waals surface area contributed by atoms with Gasteiger partial charge in [0.25, 0.3) is 0 Å². The topological polar surface area (TPSA) is 35.2 Å². The Balaban J connectivity index is 2.25. The van der Waals surface area contributed by atoms with Crippen LogP contribution < -0.4 is 10.5 Å². The van der Waals surface area contributed by atoms with Crippen LogP contribution in [-0.2, 0) is 6.54 Å².